The van der Waals surface area contributed by atoms with Gasteiger partial charge in [-0.3, -0.25) is 4.79 Å². The number of likely N-dealkylation sites (N-methyl/N-ethyl adjacent to an activating group) is 1. The van der Waals surface area contributed by atoms with E-state index >= 15 is 0 Å². The average molecular weight is 360 g/mol. The lowest BCUT2D eigenvalue weighted by atomic mass is 9.97. The predicted octanol–water partition coefficient (Wildman–Crippen LogP) is 1.15. The van der Waals surface area contributed by atoms with Crippen LogP contribution in [-0.2, 0) is 4.79 Å². The highest BCUT2D eigenvalue weighted by atomic mass is 16.1. The fourth-order valence-corrected chi connectivity index (χ4v) is 3.98. The minimum Gasteiger partial charge on any atom is -0.356 e. The van der Waals surface area contributed by atoms with Gasteiger partial charge in [-0.05, 0) is 31.0 Å². The molecule has 0 bridgehead atoms. The molecule has 2 fully saturated rings. The summed E-state index contributed by atoms with van der Waals surface area (Å²) in [6.45, 7) is 12.4. The maximum atomic E-state index is 12.7. The molecule has 2 saturated heterocycles. The van der Waals surface area contributed by atoms with Gasteiger partial charge >= 0.3 is 0 Å². The Morgan fingerprint density at radius 1 is 1.27 bits per heavy atom. The Hall–Kier alpha value is -1.66. The summed E-state index contributed by atoms with van der Waals surface area (Å²) in [6.07, 6.45) is 1.81. The van der Waals surface area contributed by atoms with Gasteiger partial charge in [0.25, 0.3) is 0 Å². The van der Waals surface area contributed by atoms with Crippen LogP contribution in [0.5, 0.6) is 0 Å². The maximum absolute atomic E-state index is 12.7. The van der Waals surface area contributed by atoms with Crippen LogP contribution in [0.4, 0.5) is 5.82 Å². The molecule has 1 unspecified atom stereocenters. The number of nitrogens with one attached hydrogen (secondary N) is 1. The normalized spacial score (nSPS) is 26.0. The lowest BCUT2D eigenvalue weighted by molar-refractivity contribution is -0.125. The van der Waals surface area contributed by atoms with Crippen LogP contribution >= 0.6 is 0 Å². The molecule has 1 N–H and O–H groups in total. The van der Waals surface area contributed by atoms with Crippen molar-refractivity contribution < 1.29 is 4.79 Å². The minimum atomic E-state index is 0.0489. The fraction of sp³-hybridized carbons (Fsp3) is 0.700. The molecule has 144 valence electrons. The van der Waals surface area contributed by atoms with Gasteiger partial charge in [-0.25, -0.2) is 4.98 Å². The Balaban J connectivity index is 1.43. The first-order valence-electron chi connectivity index (χ1n) is 9.87. The molecule has 3 atom stereocenters. The number of anilines is 1. The second-order valence-corrected chi connectivity index (χ2v) is 8.13. The molecule has 26 heavy (non-hydrogen) atoms. The van der Waals surface area contributed by atoms with E-state index in [1.807, 2.05) is 24.4 Å². The van der Waals surface area contributed by atoms with E-state index in [-0.39, 0.29) is 11.8 Å². The molecule has 0 radical (unpaired) electrons. The van der Waals surface area contributed by atoms with Gasteiger partial charge in [0.15, 0.2) is 0 Å². The number of carbonyl (C=O) groups excluding carboxylic acids is 1. The van der Waals surface area contributed by atoms with E-state index in [0.717, 1.165) is 58.2 Å². The van der Waals surface area contributed by atoms with Crippen LogP contribution in [0, 0.1) is 17.8 Å². The van der Waals surface area contributed by atoms with E-state index in [0.29, 0.717) is 11.8 Å². The van der Waals surface area contributed by atoms with Crippen molar-refractivity contribution in [1.82, 2.24) is 20.1 Å². The molecule has 6 nitrogen and oxygen atoms in total. The first kappa shape index (κ1) is 19.1. The van der Waals surface area contributed by atoms with Gasteiger partial charge in [0.1, 0.15) is 5.82 Å². The molecule has 1 aromatic heterocycles. The van der Waals surface area contributed by atoms with Crippen LogP contribution in [0.1, 0.15) is 13.8 Å². The van der Waals surface area contributed by atoms with E-state index in [4.69, 9.17) is 0 Å². The molecule has 6 heteroatoms. The van der Waals surface area contributed by atoms with Crippen LogP contribution in [0.2, 0.25) is 0 Å². The van der Waals surface area contributed by atoms with Gasteiger partial charge in [-0.2, -0.15) is 0 Å². The number of piperazine rings is 1. The molecule has 1 amide bonds. The zero-order chi connectivity index (χ0) is 18.5. The number of pyridine rings is 1. The van der Waals surface area contributed by atoms with Crippen LogP contribution < -0.4 is 10.2 Å². The predicted molar refractivity (Wildman–Crippen MR) is 105 cm³/mol. The zero-order valence-corrected chi connectivity index (χ0v) is 16.4. The van der Waals surface area contributed by atoms with Crippen LogP contribution in [0.15, 0.2) is 24.4 Å². The monoisotopic (exact) mass is 359 g/mol. The number of rotatable bonds is 6. The highest BCUT2D eigenvalue weighted by molar-refractivity contribution is 5.80. The van der Waals surface area contributed by atoms with Gasteiger partial charge in [0, 0.05) is 58.6 Å². The lowest BCUT2D eigenvalue weighted by Crippen LogP contribution is -2.47. The molecular formula is C20H33N5O. The minimum absolute atomic E-state index is 0.0489. The third-order valence-electron chi connectivity index (χ3n) is 5.71. The van der Waals surface area contributed by atoms with Crippen molar-refractivity contribution in [3.63, 3.8) is 0 Å². The highest BCUT2D eigenvalue weighted by Crippen LogP contribution is 2.26. The van der Waals surface area contributed by atoms with E-state index in [2.05, 4.69) is 45.9 Å². The quantitative estimate of drug-likeness (QED) is 0.826. The van der Waals surface area contributed by atoms with Crippen LogP contribution in [0.25, 0.3) is 0 Å². The Bertz CT molecular complexity index is 573. The molecule has 3 rings (SSSR count). The van der Waals surface area contributed by atoms with Gasteiger partial charge in [0.05, 0.1) is 5.92 Å². The summed E-state index contributed by atoms with van der Waals surface area (Å²) in [5, 5.41) is 3.20. The maximum Gasteiger partial charge on any atom is 0.225 e. The molecule has 0 aromatic carbocycles. The van der Waals surface area contributed by atoms with Crippen molar-refractivity contribution in [2.75, 3.05) is 64.3 Å². The Morgan fingerprint density at radius 3 is 2.73 bits per heavy atom. The number of hydrogen-bond acceptors (Lipinski definition) is 5. The van der Waals surface area contributed by atoms with Crippen molar-refractivity contribution >= 4 is 11.7 Å². The van der Waals surface area contributed by atoms with E-state index in [9.17, 15) is 4.79 Å². The van der Waals surface area contributed by atoms with Crippen LogP contribution in [0.3, 0.4) is 0 Å². The first-order valence-corrected chi connectivity index (χ1v) is 9.87. The van der Waals surface area contributed by atoms with Gasteiger partial charge < -0.3 is 20.0 Å². The Kier molecular flexibility index (Phi) is 6.48. The number of aromatic nitrogens is 1. The standard InChI is InChI=1S/C20H33N5O/c1-16(13-24-10-8-23(3)9-11-24)12-22-20(26)18-15-25(14-17(18)2)19-6-4-5-7-21-19/h4-7,16-18H,8-15H2,1-3H3,(H,22,26)/t16?,17-,18-/m1/s1. The molecule has 0 spiro atoms. The first-order chi connectivity index (χ1) is 12.5. The summed E-state index contributed by atoms with van der Waals surface area (Å²) >= 11 is 0. The molecule has 0 saturated carbocycles. The largest absolute Gasteiger partial charge is 0.356 e. The van der Waals surface area contributed by atoms with E-state index in [1.54, 1.807) is 0 Å². The Labute approximate surface area is 157 Å². The smallest absolute Gasteiger partial charge is 0.225 e. The van der Waals surface area contributed by atoms with Crippen LogP contribution in [-0.4, -0.2) is 80.1 Å². The van der Waals surface area contributed by atoms with Gasteiger partial charge in [-0.15, -0.1) is 0 Å². The summed E-state index contributed by atoms with van der Waals surface area (Å²) in [5.74, 6) is 2.04. The third kappa shape index (κ3) is 4.95. The summed E-state index contributed by atoms with van der Waals surface area (Å²) in [7, 11) is 2.18. The Morgan fingerprint density at radius 2 is 2.04 bits per heavy atom. The van der Waals surface area contributed by atoms with Crippen molar-refractivity contribution in [3.8, 4) is 0 Å². The zero-order valence-electron chi connectivity index (χ0n) is 16.4. The second kappa shape index (κ2) is 8.82. The topological polar surface area (TPSA) is 51.7 Å². The van der Waals surface area contributed by atoms with Gasteiger partial charge in [0.2, 0.25) is 5.91 Å². The lowest BCUT2D eigenvalue weighted by Gasteiger charge is -2.34. The van der Waals surface area contributed by atoms with Crippen molar-refractivity contribution in [3.05, 3.63) is 24.4 Å². The molecule has 2 aliphatic rings. The molecule has 3 heterocycles. The van der Waals surface area contributed by atoms with E-state index in [1.165, 1.54) is 0 Å². The average Bonchev–Trinajstić information content (AvgIpc) is 3.04. The summed E-state index contributed by atoms with van der Waals surface area (Å²) < 4.78 is 0. The fourth-order valence-electron chi connectivity index (χ4n) is 3.98. The summed E-state index contributed by atoms with van der Waals surface area (Å²) in [6, 6.07) is 5.94. The number of hydrogen-bond donors (Lipinski definition) is 1. The number of nitrogens with zero attached hydrogens (tertiary/aromatic N) is 4. The molecular weight excluding hydrogens is 326 g/mol. The highest BCUT2D eigenvalue weighted by Gasteiger charge is 2.35. The summed E-state index contributed by atoms with van der Waals surface area (Å²) in [5.41, 5.74) is 0. The third-order valence-corrected chi connectivity index (χ3v) is 5.71. The van der Waals surface area contributed by atoms with E-state index < -0.39 is 0 Å². The second-order valence-electron chi connectivity index (χ2n) is 8.13. The molecule has 1 aromatic rings. The van der Waals surface area contributed by atoms with Gasteiger partial charge in [-0.1, -0.05) is 19.9 Å². The van der Waals surface area contributed by atoms with Crippen molar-refractivity contribution in [2.45, 2.75) is 13.8 Å². The number of carbonyl (C=O) groups is 1. The molecule has 2 aliphatic heterocycles. The SMILES string of the molecule is CC(CNC(=O)[C@@H]1CN(c2ccccn2)C[C@H]1C)CN1CCN(C)CC1. The number of amides is 1. The molecule has 0 aliphatic carbocycles. The summed E-state index contributed by atoms with van der Waals surface area (Å²) in [4.78, 5) is 24.2. The van der Waals surface area contributed by atoms with Crippen molar-refractivity contribution in [1.29, 1.82) is 0 Å². The van der Waals surface area contributed by atoms with Crippen molar-refractivity contribution in [2.24, 2.45) is 17.8 Å².